The van der Waals surface area contributed by atoms with E-state index < -0.39 is 5.91 Å². The minimum Gasteiger partial charge on any atom is -0.491 e. The quantitative estimate of drug-likeness (QED) is 0.345. The van der Waals surface area contributed by atoms with E-state index in [0.29, 0.717) is 29.4 Å². The number of nitrogens with zero attached hydrogens (tertiary/aromatic N) is 4. The van der Waals surface area contributed by atoms with Gasteiger partial charge >= 0.3 is 0 Å². The molecule has 1 fully saturated rings. The largest absolute Gasteiger partial charge is 0.491 e. The van der Waals surface area contributed by atoms with Crippen LogP contribution in [0.3, 0.4) is 0 Å². The Kier molecular flexibility index (Phi) is 6.19. The van der Waals surface area contributed by atoms with Crippen molar-refractivity contribution in [3.63, 3.8) is 0 Å². The van der Waals surface area contributed by atoms with Gasteiger partial charge in [0.05, 0.1) is 17.8 Å². The maximum atomic E-state index is 12.0. The van der Waals surface area contributed by atoms with Crippen molar-refractivity contribution in [2.24, 2.45) is 11.7 Å². The molecule has 1 aliphatic rings. The average molecular weight is 462 g/mol. The zero-order chi connectivity index (χ0) is 23.7. The number of carbonyl (C=O) groups excluding carboxylic acids is 1. The van der Waals surface area contributed by atoms with Crippen LogP contribution in [0.25, 0.3) is 33.5 Å². The first-order valence-electron chi connectivity index (χ1n) is 12.0. The first-order chi connectivity index (χ1) is 16.5. The third-order valence-corrected chi connectivity index (χ3v) is 6.61. The Morgan fingerprint density at radius 1 is 1.24 bits per heavy atom. The van der Waals surface area contributed by atoms with E-state index >= 15 is 0 Å². The zero-order valence-electron chi connectivity index (χ0n) is 19.7. The molecule has 0 radical (unpaired) electrons. The molecule has 9 heteroatoms. The maximum Gasteiger partial charge on any atom is 0.248 e. The highest BCUT2D eigenvalue weighted by atomic mass is 16.5. The number of primary amides is 1. The van der Waals surface area contributed by atoms with E-state index in [2.05, 4.69) is 20.4 Å². The number of rotatable bonds is 8. The van der Waals surface area contributed by atoms with E-state index in [1.807, 2.05) is 24.6 Å². The molecule has 0 spiro atoms. The summed E-state index contributed by atoms with van der Waals surface area (Å²) >= 11 is 0. The van der Waals surface area contributed by atoms with E-state index in [0.717, 1.165) is 66.1 Å². The Morgan fingerprint density at radius 2 is 2.06 bits per heavy atom. The lowest BCUT2D eigenvalue weighted by Crippen LogP contribution is -2.27. The molecule has 1 saturated heterocycles. The normalized spacial score (nSPS) is 14.8. The molecule has 9 nitrogen and oxygen atoms in total. The number of aryl methyl sites for hydroxylation is 2. The minimum absolute atomic E-state index is 0.408. The Labute approximate surface area is 198 Å². The number of hydrogen-bond acceptors (Lipinski definition) is 6. The summed E-state index contributed by atoms with van der Waals surface area (Å²) in [6.45, 7) is 7.51. The molecule has 0 aliphatic carbocycles. The fraction of sp³-hybridized carbons (Fsp3) is 0.440. The molecule has 5 rings (SSSR count). The van der Waals surface area contributed by atoms with Gasteiger partial charge in [-0.25, -0.2) is 9.97 Å². The highest BCUT2D eigenvalue weighted by Crippen LogP contribution is 2.33. The van der Waals surface area contributed by atoms with Gasteiger partial charge in [-0.3, -0.25) is 9.48 Å². The fourth-order valence-electron chi connectivity index (χ4n) is 4.82. The lowest BCUT2D eigenvalue weighted by molar-refractivity contribution is 0.1000. The van der Waals surface area contributed by atoms with E-state index in [1.54, 1.807) is 18.3 Å². The lowest BCUT2D eigenvalue weighted by atomic mass is 9.93. The predicted molar refractivity (Wildman–Crippen MR) is 132 cm³/mol. The van der Waals surface area contributed by atoms with Crippen molar-refractivity contribution in [3.05, 3.63) is 35.7 Å². The number of nitrogens with one attached hydrogen (secondary N) is 2. The fourth-order valence-corrected chi connectivity index (χ4v) is 4.82. The summed E-state index contributed by atoms with van der Waals surface area (Å²) < 4.78 is 8.06. The molecule has 4 heterocycles. The first-order valence-corrected chi connectivity index (χ1v) is 12.0. The van der Waals surface area contributed by atoms with Gasteiger partial charge < -0.3 is 20.8 Å². The number of aromatic amines is 1. The molecule has 4 N–H and O–H groups in total. The van der Waals surface area contributed by atoms with Crippen LogP contribution >= 0.6 is 0 Å². The minimum atomic E-state index is -0.490. The summed E-state index contributed by atoms with van der Waals surface area (Å²) in [4.78, 5) is 24.8. The summed E-state index contributed by atoms with van der Waals surface area (Å²) in [5.74, 6) is 1.48. The van der Waals surface area contributed by atoms with Crippen LogP contribution in [0.2, 0.25) is 0 Å². The highest BCUT2D eigenvalue weighted by molar-refractivity contribution is 6.11. The Morgan fingerprint density at radius 3 is 2.82 bits per heavy atom. The lowest BCUT2D eigenvalue weighted by Gasteiger charge is -2.22. The third-order valence-electron chi connectivity index (χ3n) is 6.61. The zero-order valence-corrected chi connectivity index (χ0v) is 19.7. The van der Waals surface area contributed by atoms with Crippen molar-refractivity contribution in [3.8, 4) is 17.3 Å². The molecule has 3 aromatic heterocycles. The summed E-state index contributed by atoms with van der Waals surface area (Å²) in [7, 11) is 0. The van der Waals surface area contributed by atoms with Crippen LogP contribution in [0.5, 0.6) is 5.75 Å². The molecule has 0 saturated carbocycles. The number of piperidine rings is 1. The number of aromatic nitrogens is 5. The van der Waals surface area contributed by atoms with E-state index in [4.69, 9.17) is 15.5 Å². The molecular formula is C25H31N7O2. The molecule has 1 aliphatic heterocycles. The number of amides is 1. The van der Waals surface area contributed by atoms with E-state index in [1.165, 1.54) is 12.8 Å². The van der Waals surface area contributed by atoms with Crippen LogP contribution in [0, 0.1) is 12.8 Å². The van der Waals surface area contributed by atoms with Gasteiger partial charge in [0.2, 0.25) is 5.91 Å². The standard InChI is InChI=1S/C25H31N7O2/c1-3-32-20(11-15(2)31-32)25-28-14-19-18-12-17(23(26)33)13-21(22(18)29-24(19)30-25)34-10-4-5-16-6-8-27-9-7-16/h11-14,16,27H,3-10H2,1-2H3,(H2,26,33)(H,28,29,30). The van der Waals surface area contributed by atoms with Crippen LogP contribution in [0.1, 0.15) is 48.7 Å². The molecule has 34 heavy (non-hydrogen) atoms. The van der Waals surface area contributed by atoms with Crippen molar-refractivity contribution in [2.75, 3.05) is 19.7 Å². The van der Waals surface area contributed by atoms with Crippen molar-refractivity contribution in [1.82, 2.24) is 30.0 Å². The number of benzene rings is 1. The van der Waals surface area contributed by atoms with Gasteiger partial charge in [-0.15, -0.1) is 0 Å². The van der Waals surface area contributed by atoms with Crippen molar-refractivity contribution < 1.29 is 9.53 Å². The Bertz CT molecular complexity index is 1330. The average Bonchev–Trinajstić information content (AvgIpc) is 3.41. The van der Waals surface area contributed by atoms with Gasteiger partial charge in [0.15, 0.2) is 5.82 Å². The summed E-state index contributed by atoms with van der Waals surface area (Å²) in [6.07, 6.45) is 6.34. The van der Waals surface area contributed by atoms with Gasteiger partial charge in [-0.05, 0) is 76.7 Å². The van der Waals surface area contributed by atoms with Crippen LogP contribution < -0.4 is 15.8 Å². The van der Waals surface area contributed by atoms with Crippen LogP contribution in [-0.4, -0.2) is 50.3 Å². The number of nitrogens with two attached hydrogens (primary N) is 1. The van der Waals surface area contributed by atoms with Gasteiger partial charge in [0, 0.05) is 29.1 Å². The number of fused-ring (bicyclic) bond motifs is 3. The summed E-state index contributed by atoms with van der Waals surface area (Å²) in [5.41, 5.74) is 9.30. The monoisotopic (exact) mass is 461 g/mol. The second-order valence-electron chi connectivity index (χ2n) is 9.01. The number of carbonyl (C=O) groups is 1. The van der Waals surface area contributed by atoms with Crippen LogP contribution in [0.15, 0.2) is 24.4 Å². The van der Waals surface area contributed by atoms with Gasteiger partial charge in [-0.1, -0.05) is 0 Å². The molecule has 1 aromatic carbocycles. The Balaban J connectivity index is 1.46. The van der Waals surface area contributed by atoms with Crippen LogP contribution in [-0.2, 0) is 6.54 Å². The smallest absolute Gasteiger partial charge is 0.248 e. The van der Waals surface area contributed by atoms with Gasteiger partial charge in [0.1, 0.15) is 17.1 Å². The molecule has 4 aromatic rings. The van der Waals surface area contributed by atoms with Crippen molar-refractivity contribution in [1.29, 1.82) is 0 Å². The number of H-pyrrole nitrogens is 1. The SMILES string of the molecule is CCn1nc(C)cc1-c1ncc2c(n1)[nH]c1c(OCCCC3CCNCC3)cc(C(N)=O)cc12. The second-order valence-corrected chi connectivity index (χ2v) is 9.01. The van der Waals surface area contributed by atoms with Gasteiger partial charge in [-0.2, -0.15) is 5.10 Å². The first kappa shape index (κ1) is 22.3. The number of hydrogen-bond donors (Lipinski definition) is 3. The molecule has 178 valence electrons. The van der Waals surface area contributed by atoms with Gasteiger partial charge in [0.25, 0.3) is 0 Å². The van der Waals surface area contributed by atoms with Crippen molar-refractivity contribution >= 4 is 27.8 Å². The second kappa shape index (κ2) is 9.42. The molecule has 0 bridgehead atoms. The molecule has 0 unspecified atom stereocenters. The predicted octanol–water partition coefficient (Wildman–Crippen LogP) is 3.56. The highest BCUT2D eigenvalue weighted by Gasteiger charge is 2.18. The third kappa shape index (κ3) is 4.35. The molecular weight excluding hydrogens is 430 g/mol. The molecule has 0 atom stereocenters. The van der Waals surface area contributed by atoms with E-state index in [-0.39, 0.29) is 0 Å². The topological polar surface area (TPSA) is 124 Å². The van der Waals surface area contributed by atoms with Crippen LogP contribution in [0.4, 0.5) is 0 Å². The maximum absolute atomic E-state index is 12.0. The summed E-state index contributed by atoms with van der Waals surface area (Å²) in [5, 5.41) is 9.55. The van der Waals surface area contributed by atoms with E-state index in [9.17, 15) is 4.79 Å². The summed E-state index contributed by atoms with van der Waals surface area (Å²) in [6, 6.07) is 5.48. The molecule has 1 amide bonds. The Hall–Kier alpha value is -3.46. The van der Waals surface area contributed by atoms with Crippen molar-refractivity contribution in [2.45, 2.75) is 46.1 Å². The number of ether oxygens (including phenoxy) is 1.